The van der Waals surface area contributed by atoms with Crippen molar-refractivity contribution in [2.75, 3.05) is 0 Å². The fourth-order valence-corrected chi connectivity index (χ4v) is 0.416. The first-order chi connectivity index (χ1) is 3.85. The molecule has 0 bridgehead atoms. The van der Waals surface area contributed by atoms with Gasteiger partial charge in [0.15, 0.2) is 0 Å². The molecule has 0 aromatic rings. The molecule has 8 heavy (non-hydrogen) atoms. The van der Waals surface area contributed by atoms with Crippen LogP contribution in [0.15, 0.2) is 0 Å². The molecule has 42 valence electrons. The number of hydrogen-bond donors (Lipinski definition) is 0. The van der Waals surface area contributed by atoms with Crippen LogP contribution in [0.3, 0.4) is 0 Å². The molecule has 0 atom stereocenters. The van der Waals surface area contributed by atoms with Gasteiger partial charge in [-0.15, -0.1) is 0 Å². The highest BCUT2D eigenvalue weighted by atomic mass is 14.9. The third-order valence-corrected chi connectivity index (χ3v) is 0.845. The highest BCUT2D eigenvalue weighted by Gasteiger charge is 2.10. The summed E-state index contributed by atoms with van der Waals surface area (Å²) < 4.78 is 0. The molecule has 0 heterocycles. The molecule has 0 rings (SSSR count). The quantitative estimate of drug-likeness (QED) is 0.478. The Morgan fingerprint density at radius 1 is 1.38 bits per heavy atom. The van der Waals surface area contributed by atoms with E-state index in [0.717, 1.165) is 6.42 Å². The van der Waals surface area contributed by atoms with Gasteiger partial charge in [0, 0.05) is 0 Å². The summed E-state index contributed by atoms with van der Waals surface area (Å²) in [6, 6.07) is 0. The zero-order chi connectivity index (χ0) is 6.41. The minimum Gasteiger partial charge on any atom is -0.233 e. The second-order valence-corrected chi connectivity index (χ2v) is 1.53. The number of hydrogen-bond acceptors (Lipinski definition) is 0. The summed E-state index contributed by atoms with van der Waals surface area (Å²) in [6.45, 7) is 14.9. The average molecular weight is 108 g/mol. The lowest BCUT2D eigenvalue weighted by Gasteiger charge is -1.84. The van der Waals surface area contributed by atoms with Crippen molar-refractivity contribution in [3.8, 4) is 0 Å². The fraction of sp³-hybridized carbons (Fsp3) is 0.667. The van der Waals surface area contributed by atoms with Crippen LogP contribution in [-0.2, 0) is 0 Å². The first-order valence-corrected chi connectivity index (χ1v) is 2.58. The van der Waals surface area contributed by atoms with Gasteiger partial charge in [-0.3, -0.25) is 0 Å². The van der Waals surface area contributed by atoms with Gasteiger partial charge < -0.3 is 0 Å². The maximum absolute atomic E-state index is 6.47. The Bertz CT molecular complexity index is 112. The Labute approximate surface area is 49.8 Å². The molecule has 0 aliphatic heterocycles. The van der Waals surface area contributed by atoms with Crippen LogP contribution in [0.25, 0.3) is 9.69 Å². The Morgan fingerprint density at radius 2 is 1.88 bits per heavy atom. The van der Waals surface area contributed by atoms with Crippen molar-refractivity contribution >= 4 is 0 Å². The van der Waals surface area contributed by atoms with Crippen LogP contribution in [0.1, 0.15) is 19.8 Å². The smallest absolute Gasteiger partial charge is 0.233 e. The monoisotopic (exact) mass is 108 g/mol. The van der Waals surface area contributed by atoms with E-state index in [1.54, 1.807) is 0 Å². The summed E-state index contributed by atoms with van der Waals surface area (Å²) >= 11 is 0. The Hall–Kier alpha value is -1.02. The van der Waals surface area contributed by atoms with Crippen LogP contribution in [0, 0.1) is 13.1 Å². The zero-order valence-corrected chi connectivity index (χ0v) is 4.89. The summed E-state index contributed by atoms with van der Waals surface area (Å²) in [5, 5.41) is 0. The van der Waals surface area contributed by atoms with Gasteiger partial charge in [-0.2, -0.15) is 0 Å². The minimum absolute atomic E-state index is 0.417. The van der Waals surface area contributed by atoms with Gasteiger partial charge in [0.05, 0.1) is 0 Å². The highest BCUT2D eigenvalue weighted by Crippen LogP contribution is 2.01. The maximum atomic E-state index is 6.47. The molecule has 0 fully saturated rings. The van der Waals surface area contributed by atoms with Crippen molar-refractivity contribution in [3.05, 3.63) is 22.8 Å². The molecule has 2 nitrogen and oxygen atoms in total. The predicted molar refractivity (Wildman–Crippen MR) is 31.9 cm³/mol. The Balaban J connectivity index is 3.46. The van der Waals surface area contributed by atoms with Crippen LogP contribution in [0.4, 0.5) is 0 Å². The van der Waals surface area contributed by atoms with Crippen molar-refractivity contribution in [2.24, 2.45) is 0 Å². The largest absolute Gasteiger partial charge is 0.474 e. The van der Waals surface area contributed by atoms with E-state index in [0.29, 0.717) is 6.42 Å². The standard InChI is InChI=1S/C6H8N2/c1-4-5-6(7-2)8-3/h6H,4-5H2,1H3. The molecule has 2 heteroatoms. The molecule has 0 N–H and O–H groups in total. The molecule has 0 spiro atoms. The number of nitrogens with zero attached hydrogens (tertiary/aromatic N) is 2. The van der Waals surface area contributed by atoms with Crippen molar-refractivity contribution < 1.29 is 0 Å². The maximum Gasteiger partial charge on any atom is 0.474 e. The molecule has 0 aromatic heterocycles. The first-order valence-electron chi connectivity index (χ1n) is 2.58. The lowest BCUT2D eigenvalue weighted by Crippen LogP contribution is -1.90. The third kappa shape index (κ3) is 2.21. The number of rotatable bonds is 2. The fourth-order valence-electron chi connectivity index (χ4n) is 0.416. The molecule has 0 amide bonds. The predicted octanol–water partition coefficient (Wildman–Crippen LogP) is 1.95. The lowest BCUT2D eigenvalue weighted by atomic mass is 10.3. The van der Waals surface area contributed by atoms with E-state index in [1.165, 1.54) is 0 Å². The Kier molecular flexibility index (Phi) is 3.62. The molecular weight excluding hydrogens is 100 g/mol. The van der Waals surface area contributed by atoms with E-state index in [2.05, 4.69) is 9.69 Å². The second kappa shape index (κ2) is 4.15. The molecular formula is C6H8N2. The van der Waals surface area contributed by atoms with Crippen LogP contribution < -0.4 is 0 Å². The van der Waals surface area contributed by atoms with Crippen LogP contribution in [0.5, 0.6) is 0 Å². The topological polar surface area (TPSA) is 8.72 Å². The normalized spacial score (nSPS) is 8.00. The minimum atomic E-state index is -0.417. The van der Waals surface area contributed by atoms with Crippen molar-refractivity contribution in [2.45, 2.75) is 25.9 Å². The van der Waals surface area contributed by atoms with E-state index in [9.17, 15) is 0 Å². The van der Waals surface area contributed by atoms with E-state index in [4.69, 9.17) is 13.1 Å². The van der Waals surface area contributed by atoms with Gasteiger partial charge in [0.1, 0.15) is 6.42 Å². The van der Waals surface area contributed by atoms with Gasteiger partial charge in [0.2, 0.25) is 0 Å². The summed E-state index contributed by atoms with van der Waals surface area (Å²) in [6.07, 6.45) is 1.22. The molecule has 0 saturated heterocycles. The molecule has 0 aromatic carbocycles. The van der Waals surface area contributed by atoms with Crippen LogP contribution in [-0.4, -0.2) is 6.17 Å². The third-order valence-electron chi connectivity index (χ3n) is 0.845. The SMILES string of the molecule is [C-]#[N+]C(CCC)[N+]#[C-]. The van der Waals surface area contributed by atoms with Crippen molar-refractivity contribution in [3.63, 3.8) is 0 Å². The van der Waals surface area contributed by atoms with E-state index >= 15 is 0 Å². The van der Waals surface area contributed by atoms with Crippen LogP contribution in [0.2, 0.25) is 0 Å². The first kappa shape index (κ1) is 6.98. The molecule has 0 saturated carbocycles. The summed E-state index contributed by atoms with van der Waals surface area (Å²) in [7, 11) is 0. The van der Waals surface area contributed by atoms with E-state index in [1.807, 2.05) is 6.92 Å². The van der Waals surface area contributed by atoms with Gasteiger partial charge in [-0.25, -0.2) is 22.8 Å². The van der Waals surface area contributed by atoms with Gasteiger partial charge >= 0.3 is 6.17 Å². The molecule has 0 radical (unpaired) electrons. The summed E-state index contributed by atoms with van der Waals surface area (Å²) in [5.41, 5.74) is 0. The van der Waals surface area contributed by atoms with Gasteiger partial charge in [-0.05, 0) is 6.42 Å². The highest BCUT2D eigenvalue weighted by molar-refractivity contribution is 4.85. The molecule has 0 unspecified atom stereocenters. The second-order valence-electron chi connectivity index (χ2n) is 1.53. The van der Waals surface area contributed by atoms with Crippen molar-refractivity contribution in [1.29, 1.82) is 0 Å². The zero-order valence-electron chi connectivity index (χ0n) is 4.89. The van der Waals surface area contributed by atoms with Gasteiger partial charge in [-0.1, -0.05) is 6.92 Å². The van der Waals surface area contributed by atoms with E-state index in [-0.39, 0.29) is 0 Å². The summed E-state index contributed by atoms with van der Waals surface area (Å²) in [5.74, 6) is 0. The summed E-state index contributed by atoms with van der Waals surface area (Å²) in [4.78, 5) is 6.18. The van der Waals surface area contributed by atoms with Crippen molar-refractivity contribution in [1.82, 2.24) is 0 Å². The van der Waals surface area contributed by atoms with E-state index < -0.39 is 6.17 Å². The van der Waals surface area contributed by atoms with Crippen LogP contribution >= 0.6 is 0 Å². The molecule has 0 aliphatic rings. The lowest BCUT2D eigenvalue weighted by molar-refractivity contribution is 0.769. The Morgan fingerprint density at radius 3 is 2.00 bits per heavy atom. The van der Waals surface area contributed by atoms with Gasteiger partial charge in [0.25, 0.3) is 0 Å². The average Bonchev–Trinajstić information content (AvgIpc) is 1.83. The molecule has 0 aliphatic carbocycles.